The third-order valence-corrected chi connectivity index (χ3v) is 2.34. The first-order chi connectivity index (χ1) is 6.83. The molecule has 0 unspecified atom stereocenters. The second-order valence-corrected chi connectivity index (χ2v) is 3.25. The molecule has 2 aromatic rings. The van der Waals surface area contributed by atoms with Crippen LogP contribution in [-0.4, -0.2) is 4.98 Å². The van der Waals surface area contributed by atoms with E-state index in [9.17, 15) is 0 Å². The number of aromatic amines is 1. The van der Waals surface area contributed by atoms with Crippen LogP contribution >= 0.6 is 12.4 Å². The fourth-order valence-corrected chi connectivity index (χ4v) is 1.64. The monoisotopic (exact) mass is 221 g/mol. The number of nitrogens with zero attached hydrogens (tertiary/aromatic N) is 1. The van der Waals surface area contributed by atoms with Gasteiger partial charge in [0.15, 0.2) is 0 Å². The van der Waals surface area contributed by atoms with E-state index in [1.807, 2.05) is 30.5 Å². The second kappa shape index (κ2) is 4.83. The minimum atomic E-state index is -0.195. The molecule has 0 radical (unpaired) electrons. The van der Waals surface area contributed by atoms with Gasteiger partial charge in [-0.25, -0.2) is 0 Å². The summed E-state index contributed by atoms with van der Waals surface area (Å²) in [5.74, 6) is 0. The first kappa shape index (κ1) is 11.6. The molecule has 0 spiro atoms. The van der Waals surface area contributed by atoms with Crippen LogP contribution in [0.4, 0.5) is 0 Å². The van der Waals surface area contributed by atoms with Crippen molar-refractivity contribution in [1.82, 2.24) is 4.98 Å². The molecule has 2 rings (SSSR count). The molecule has 1 heterocycles. The van der Waals surface area contributed by atoms with Gasteiger partial charge in [0.1, 0.15) is 0 Å². The molecule has 3 nitrogen and oxygen atoms in total. The number of nitrogens with one attached hydrogen (secondary N) is 1. The van der Waals surface area contributed by atoms with Crippen molar-refractivity contribution in [3.63, 3.8) is 0 Å². The summed E-state index contributed by atoms with van der Waals surface area (Å²) in [6.45, 7) is 0. The summed E-state index contributed by atoms with van der Waals surface area (Å²) in [5, 5.41) is 9.69. The fraction of sp³-hybridized carbons (Fsp3) is 0.182. The van der Waals surface area contributed by atoms with Crippen LogP contribution < -0.4 is 5.73 Å². The standard InChI is InChI=1S/C11H11N3.ClH/c12-6-4-10(13)8-2-1-3-11-9(8)5-7-14-11;/h1-3,5,7,10,14H,4,13H2;1H/t10-;/m1./s1. The number of rotatable bonds is 2. The van der Waals surface area contributed by atoms with E-state index in [-0.39, 0.29) is 18.4 Å². The number of hydrogen-bond donors (Lipinski definition) is 2. The van der Waals surface area contributed by atoms with Crippen LogP contribution in [0, 0.1) is 11.3 Å². The Morgan fingerprint density at radius 3 is 2.93 bits per heavy atom. The Kier molecular flexibility index (Phi) is 3.73. The van der Waals surface area contributed by atoms with Crippen molar-refractivity contribution in [2.45, 2.75) is 12.5 Å². The first-order valence-electron chi connectivity index (χ1n) is 4.51. The average Bonchev–Trinajstić information content (AvgIpc) is 2.65. The maximum absolute atomic E-state index is 8.58. The Bertz CT molecular complexity index is 484. The Morgan fingerprint density at radius 1 is 1.40 bits per heavy atom. The molecule has 0 aliphatic carbocycles. The number of hydrogen-bond acceptors (Lipinski definition) is 2. The van der Waals surface area contributed by atoms with E-state index in [1.165, 1.54) is 0 Å². The quantitative estimate of drug-likeness (QED) is 0.818. The summed E-state index contributed by atoms with van der Waals surface area (Å²) in [5.41, 5.74) is 7.99. The summed E-state index contributed by atoms with van der Waals surface area (Å²) in [6.07, 6.45) is 2.23. The van der Waals surface area contributed by atoms with Gasteiger partial charge in [-0.2, -0.15) is 5.26 Å². The maximum Gasteiger partial charge on any atom is 0.0641 e. The minimum absolute atomic E-state index is 0. The van der Waals surface area contributed by atoms with E-state index in [0.29, 0.717) is 6.42 Å². The van der Waals surface area contributed by atoms with Crippen molar-refractivity contribution in [1.29, 1.82) is 5.26 Å². The molecule has 4 heteroatoms. The van der Waals surface area contributed by atoms with Crippen LogP contribution in [0.2, 0.25) is 0 Å². The smallest absolute Gasteiger partial charge is 0.0641 e. The Morgan fingerprint density at radius 2 is 2.20 bits per heavy atom. The van der Waals surface area contributed by atoms with Gasteiger partial charge in [0.05, 0.1) is 12.5 Å². The Hall–Kier alpha value is -1.50. The van der Waals surface area contributed by atoms with E-state index in [1.54, 1.807) is 0 Å². The van der Waals surface area contributed by atoms with E-state index >= 15 is 0 Å². The minimum Gasteiger partial charge on any atom is -0.361 e. The third-order valence-electron chi connectivity index (χ3n) is 2.34. The maximum atomic E-state index is 8.58. The van der Waals surface area contributed by atoms with Gasteiger partial charge in [0.25, 0.3) is 0 Å². The average molecular weight is 222 g/mol. The summed E-state index contributed by atoms with van der Waals surface area (Å²) in [7, 11) is 0. The number of nitrogens with two attached hydrogens (primary N) is 1. The van der Waals surface area contributed by atoms with Gasteiger partial charge in [-0.1, -0.05) is 12.1 Å². The zero-order valence-electron chi connectivity index (χ0n) is 8.10. The SMILES string of the molecule is Cl.N#CC[C@@H](N)c1cccc2[nH]ccc12. The van der Waals surface area contributed by atoms with E-state index in [0.717, 1.165) is 16.5 Å². The van der Waals surface area contributed by atoms with Crippen LogP contribution in [0.1, 0.15) is 18.0 Å². The van der Waals surface area contributed by atoms with Crippen molar-refractivity contribution >= 4 is 23.3 Å². The van der Waals surface area contributed by atoms with Crippen LogP contribution in [0.15, 0.2) is 30.5 Å². The van der Waals surface area contributed by atoms with Crippen molar-refractivity contribution in [3.05, 3.63) is 36.0 Å². The highest BCUT2D eigenvalue weighted by Gasteiger charge is 2.09. The summed E-state index contributed by atoms with van der Waals surface area (Å²) in [6, 6.07) is 9.80. The van der Waals surface area contributed by atoms with Crippen molar-refractivity contribution in [2.75, 3.05) is 0 Å². The summed E-state index contributed by atoms with van der Waals surface area (Å²) >= 11 is 0. The highest BCUT2D eigenvalue weighted by molar-refractivity contribution is 5.85. The molecular weight excluding hydrogens is 210 g/mol. The lowest BCUT2D eigenvalue weighted by molar-refractivity contribution is 0.755. The van der Waals surface area contributed by atoms with E-state index in [2.05, 4.69) is 11.1 Å². The van der Waals surface area contributed by atoms with Crippen LogP contribution in [0.25, 0.3) is 10.9 Å². The van der Waals surface area contributed by atoms with Gasteiger partial charge in [0.2, 0.25) is 0 Å². The van der Waals surface area contributed by atoms with Crippen LogP contribution in [0.5, 0.6) is 0 Å². The molecule has 3 N–H and O–H groups in total. The van der Waals surface area contributed by atoms with Crippen LogP contribution in [-0.2, 0) is 0 Å². The number of fused-ring (bicyclic) bond motifs is 1. The molecule has 0 saturated carbocycles. The number of aromatic nitrogens is 1. The predicted octanol–water partition coefficient (Wildman–Crippen LogP) is 2.50. The molecule has 1 aromatic carbocycles. The molecule has 1 atom stereocenters. The molecule has 0 saturated heterocycles. The molecule has 0 amide bonds. The highest BCUT2D eigenvalue weighted by atomic mass is 35.5. The van der Waals surface area contributed by atoms with Gasteiger partial charge in [-0.3, -0.25) is 0 Å². The molecule has 15 heavy (non-hydrogen) atoms. The predicted molar refractivity (Wildman–Crippen MR) is 62.7 cm³/mol. The van der Waals surface area contributed by atoms with Gasteiger partial charge in [0, 0.05) is 23.1 Å². The molecule has 1 aromatic heterocycles. The molecule has 0 bridgehead atoms. The molecule has 0 aliphatic heterocycles. The largest absolute Gasteiger partial charge is 0.361 e. The lowest BCUT2D eigenvalue weighted by Gasteiger charge is -2.08. The van der Waals surface area contributed by atoms with Crippen molar-refractivity contribution in [3.8, 4) is 6.07 Å². The second-order valence-electron chi connectivity index (χ2n) is 3.25. The summed E-state index contributed by atoms with van der Waals surface area (Å²) in [4.78, 5) is 3.12. The molecule has 0 aliphatic rings. The van der Waals surface area contributed by atoms with Crippen molar-refractivity contribution < 1.29 is 0 Å². The zero-order valence-corrected chi connectivity index (χ0v) is 8.92. The van der Waals surface area contributed by atoms with Gasteiger partial charge in [-0.05, 0) is 17.7 Å². The van der Waals surface area contributed by atoms with Crippen LogP contribution in [0.3, 0.4) is 0 Å². The number of benzene rings is 1. The van der Waals surface area contributed by atoms with Gasteiger partial charge in [-0.15, -0.1) is 12.4 Å². The first-order valence-corrected chi connectivity index (χ1v) is 4.51. The lowest BCUT2D eigenvalue weighted by atomic mass is 10.0. The number of H-pyrrole nitrogens is 1. The molecule has 0 fully saturated rings. The molecular formula is C11H12ClN3. The molecule has 78 valence electrons. The normalized spacial score (nSPS) is 11.7. The topological polar surface area (TPSA) is 65.6 Å². The van der Waals surface area contributed by atoms with E-state index < -0.39 is 0 Å². The Labute approximate surface area is 94.3 Å². The van der Waals surface area contributed by atoms with E-state index in [4.69, 9.17) is 11.0 Å². The zero-order chi connectivity index (χ0) is 9.97. The Balaban J connectivity index is 0.00000112. The highest BCUT2D eigenvalue weighted by Crippen LogP contribution is 2.23. The fourth-order valence-electron chi connectivity index (χ4n) is 1.64. The van der Waals surface area contributed by atoms with Gasteiger partial charge >= 0.3 is 0 Å². The number of halogens is 1. The van der Waals surface area contributed by atoms with Gasteiger partial charge < -0.3 is 10.7 Å². The lowest BCUT2D eigenvalue weighted by Crippen LogP contribution is -2.09. The summed E-state index contributed by atoms with van der Waals surface area (Å²) < 4.78 is 0. The number of nitriles is 1. The third kappa shape index (κ3) is 2.12. The van der Waals surface area contributed by atoms with Crippen molar-refractivity contribution in [2.24, 2.45) is 5.73 Å².